The number of carbonyl (C=O) groups is 1. The standard InChI is InChI=1S/C23H23ClN4O/c1-3-15-4-8-17(9-5-15)25-22-21-19(12-14(2)13-20(21)29)27-23(28-22)26-18-10-6-16(24)7-11-18/h4-11,14H,3,12-13H2,1-2H3,(H2,25,26,27,28). The van der Waals surface area contributed by atoms with Gasteiger partial charge in [0.2, 0.25) is 5.95 Å². The molecule has 0 saturated carbocycles. The minimum atomic E-state index is 0.0875. The smallest absolute Gasteiger partial charge is 0.229 e. The average Bonchev–Trinajstić information content (AvgIpc) is 2.69. The van der Waals surface area contributed by atoms with Crippen LogP contribution in [0, 0.1) is 5.92 Å². The number of Topliss-reactive ketones (excluding diaryl/α,β-unsaturated/α-hetero) is 1. The molecule has 3 aromatic rings. The first-order chi connectivity index (χ1) is 14.0. The molecule has 6 heteroatoms. The summed E-state index contributed by atoms with van der Waals surface area (Å²) in [5.41, 5.74) is 4.38. The molecule has 0 radical (unpaired) electrons. The van der Waals surface area contributed by atoms with Crippen molar-refractivity contribution in [3.63, 3.8) is 0 Å². The molecule has 148 valence electrons. The fraction of sp³-hybridized carbons (Fsp3) is 0.261. The van der Waals surface area contributed by atoms with Crippen molar-refractivity contribution in [1.29, 1.82) is 0 Å². The second-order valence-electron chi connectivity index (χ2n) is 7.46. The number of benzene rings is 2. The summed E-state index contributed by atoms with van der Waals surface area (Å²) in [6, 6.07) is 15.5. The summed E-state index contributed by atoms with van der Waals surface area (Å²) in [5, 5.41) is 7.22. The summed E-state index contributed by atoms with van der Waals surface area (Å²) in [6.45, 7) is 4.20. The number of hydrogen-bond donors (Lipinski definition) is 2. The van der Waals surface area contributed by atoms with Gasteiger partial charge in [-0.25, -0.2) is 4.98 Å². The third-order valence-electron chi connectivity index (χ3n) is 5.06. The number of ketones is 1. The van der Waals surface area contributed by atoms with E-state index in [9.17, 15) is 4.79 Å². The van der Waals surface area contributed by atoms with Gasteiger partial charge in [0.25, 0.3) is 0 Å². The van der Waals surface area contributed by atoms with E-state index in [-0.39, 0.29) is 11.7 Å². The Morgan fingerprint density at radius 1 is 0.966 bits per heavy atom. The minimum absolute atomic E-state index is 0.0875. The lowest BCUT2D eigenvalue weighted by molar-refractivity contribution is 0.0953. The third-order valence-corrected chi connectivity index (χ3v) is 5.32. The Hall–Kier alpha value is -2.92. The topological polar surface area (TPSA) is 66.9 Å². The van der Waals surface area contributed by atoms with Crippen LogP contribution in [0.1, 0.15) is 41.9 Å². The number of rotatable bonds is 5. The van der Waals surface area contributed by atoms with Crippen LogP contribution in [-0.2, 0) is 12.8 Å². The van der Waals surface area contributed by atoms with Crippen LogP contribution in [0.3, 0.4) is 0 Å². The van der Waals surface area contributed by atoms with Gasteiger partial charge in [0.1, 0.15) is 5.82 Å². The van der Waals surface area contributed by atoms with Crippen LogP contribution in [0.2, 0.25) is 5.02 Å². The molecule has 1 atom stereocenters. The largest absolute Gasteiger partial charge is 0.339 e. The van der Waals surface area contributed by atoms with Crippen molar-refractivity contribution in [2.24, 2.45) is 5.92 Å². The van der Waals surface area contributed by atoms with E-state index in [1.165, 1.54) is 5.56 Å². The first-order valence-electron chi connectivity index (χ1n) is 9.84. The monoisotopic (exact) mass is 406 g/mol. The number of fused-ring (bicyclic) bond motifs is 1. The Labute approximate surface area is 175 Å². The van der Waals surface area contributed by atoms with Gasteiger partial charge in [0.05, 0.1) is 11.3 Å². The second kappa shape index (κ2) is 8.21. The van der Waals surface area contributed by atoms with Gasteiger partial charge in [-0.2, -0.15) is 4.98 Å². The zero-order valence-corrected chi connectivity index (χ0v) is 17.3. The van der Waals surface area contributed by atoms with E-state index in [0.29, 0.717) is 28.8 Å². The molecule has 0 amide bonds. The molecule has 0 saturated heterocycles. The zero-order chi connectivity index (χ0) is 20.4. The van der Waals surface area contributed by atoms with Gasteiger partial charge in [-0.3, -0.25) is 4.79 Å². The molecule has 5 nitrogen and oxygen atoms in total. The first-order valence-corrected chi connectivity index (χ1v) is 10.2. The highest BCUT2D eigenvalue weighted by Crippen LogP contribution is 2.32. The Morgan fingerprint density at radius 3 is 2.31 bits per heavy atom. The number of nitrogens with zero attached hydrogens (tertiary/aromatic N) is 2. The molecule has 1 heterocycles. The lowest BCUT2D eigenvalue weighted by Gasteiger charge is -2.23. The molecule has 2 N–H and O–H groups in total. The lowest BCUT2D eigenvalue weighted by atomic mass is 9.87. The molecule has 1 aliphatic carbocycles. The van der Waals surface area contributed by atoms with Crippen molar-refractivity contribution in [3.8, 4) is 0 Å². The van der Waals surface area contributed by atoms with Crippen LogP contribution in [0.5, 0.6) is 0 Å². The van der Waals surface area contributed by atoms with Crippen LogP contribution >= 0.6 is 11.6 Å². The van der Waals surface area contributed by atoms with Crippen LogP contribution in [0.4, 0.5) is 23.1 Å². The normalized spacial score (nSPS) is 15.7. The van der Waals surface area contributed by atoms with Gasteiger partial charge in [-0.05, 0) is 60.7 Å². The predicted octanol–water partition coefficient (Wildman–Crippen LogP) is 5.94. The number of nitrogens with one attached hydrogen (secondary N) is 2. The molecule has 0 bridgehead atoms. The van der Waals surface area contributed by atoms with E-state index < -0.39 is 0 Å². The maximum atomic E-state index is 12.8. The quantitative estimate of drug-likeness (QED) is 0.548. The molecular weight excluding hydrogens is 384 g/mol. The summed E-state index contributed by atoms with van der Waals surface area (Å²) in [6.07, 6.45) is 2.25. The number of hydrogen-bond acceptors (Lipinski definition) is 5. The maximum absolute atomic E-state index is 12.8. The summed E-state index contributed by atoms with van der Waals surface area (Å²) in [7, 11) is 0. The Balaban J connectivity index is 1.71. The van der Waals surface area contributed by atoms with Crippen molar-refractivity contribution in [2.75, 3.05) is 10.6 Å². The lowest BCUT2D eigenvalue weighted by Crippen LogP contribution is -2.22. The first kappa shape index (κ1) is 19.4. The van der Waals surface area contributed by atoms with Gasteiger partial charge in [0.15, 0.2) is 5.78 Å². The van der Waals surface area contributed by atoms with Gasteiger partial charge < -0.3 is 10.6 Å². The Morgan fingerprint density at radius 2 is 1.62 bits per heavy atom. The predicted molar refractivity (Wildman–Crippen MR) is 118 cm³/mol. The average molecular weight is 407 g/mol. The number of aryl methyl sites for hydroxylation is 1. The van der Waals surface area contributed by atoms with Gasteiger partial charge in [0, 0.05) is 22.8 Å². The minimum Gasteiger partial charge on any atom is -0.339 e. The van der Waals surface area contributed by atoms with E-state index in [2.05, 4.69) is 46.6 Å². The van der Waals surface area contributed by atoms with Crippen molar-refractivity contribution in [3.05, 3.63) is 70.4 Å². The third kappa shape index (κ3) is 4.40. The summed E-state index contributed by atoms with van der Waals surface area (Å²) in [5.74, 6) is 1.36. The van der Waals surface area contributed by atoms with E-state index in [1.807, 2.05) is 36.4 Å². The molecule has 1 aromatic heterocycles. The summed E-state index contributed by atoms with van der Waals surface area (Å²) in [4.78, 5) is 22.0. The molecule has 29 heavy (non-hydrogen) atoms. The van der Waals surface area contributed by atoms with Crippen LogP contribution < -0.4 is 10.6 Å². The highest BCUT2D eigenvalue weighted by Gasteiger charge is 2.28. The second-order valence-corrected chi connectivity index (χ2v) is 7.90. The number of anilines is 4. The molecule has 0 fully saturated rings. The highest BCUT2D eigenvalue weighted by molar-refractivity contribution is 6.30. The number of halogens is 1. The van der Waals surface area contributed by atoms with Crippen molar-refractivity contribution in [2.45, 2.75) is 33.1 Å². The molecule has 1 unspecified atom stereocenters. The molecular formula is C23H23ClN4O. The SMILES string of the molecule is CCc1ccc(Nc2nc(Nc3ccc(Cl)cc3)nc3c2C(=O)CC(C)C3)cc1. The molecule has 0 aliphatic heterocycles. The summed E-state index contributed by atoms with van der Waals surface area (Å²) >= 11 is 5.97. The van der Waals surface area contributed by atoms with Crippen LogP contribution in [-0.4, -0.2) is 15.8 Å². The van der Waals surface area contributed by atoms with Crippen LogP contribution in [0.15, 0.2) is 48.5 Å². The van der Waals surface area contributed by atoms with E-state index in [4.69, 9.17) is 11.6 Å². The molecule has 4 rings (SSSR count). The van der Waals surface area contributed by atoms with E-state index >= 15 is 0 Å². The maximum Gasteiger partial charge on any atom is 0.229 e. The molecule has 1 aliphatic rings. The van der Waals surface area contributed by atoms with Gasteiger partial charge >= 0.3 is 0 Å². The fourth-order valence-corrected chi connectivity index (χ4v) is 3.66. The number of carbonyl (C=O) groups excluding carboxylic acids is 1. The molecule has 0 spiro atoms. The van der Waals surface area contributed by atoms with Crippen molar-refractivity contribution >= 4 is 40.5 Å². The van der Waals surface area contributed by atoms with E-state index in [0.717, 1.165) is 29.9 Å². The van der Waals surface area contributed by atoms with Crippen molar-refractivity contribution < 1.29 is 4.79 Å². The van der Waals surface area contributed by atoms with Gasteiger partial charge in [-0.1, -0.05) is 37.6 Å². The summed E-state index contributed by atoms with van der Waals surface area (Å²) < 4.78 is 0. The van der Waals surface area contributed by atoms with E-state index in [1.54, 1.807) is 0 Å². The Bertz CT molecular complexity index is 1030. The number of aromatic nitrogens is 2. The zero-order valence-electron chi connectivity index (χ0n) is 16.5. The highest BCUT2D eigenvalue weighted by atomic mass is 35.5. The Kier molecular flexibility index (Phi) is 5.49. The van der Waals surface area contributed by atoms with Gasteiger partial charge in [-0.15, -0.1) is 0 Å². The van der Waals surface area contributed by atoms with Crippen LogP contribution in [0.25, 0.3) is 0 Å². The fourth-order valence-electron chi connectivity index (χ4n) is 3.54. The molecule has 2 aromatic carbocycles. The van der Waals surface area contributed by atoms with Crippen molar-refractivity contribution in [1.82, 2.24) is 9.97 Å².